The van der Waals surface area contributed by atoms with Crippen LogP contribution in [0.25, 0.3) is 0 Å². The molecule has 1 saturated heterocycles. The van der Waals surface area contributed by atoms with Gasteiger partial charge >= 0.3 is 6.36 Å². The SMILES string of the molecule is CCCN1CCN(c2ccc(Nc3ncc(C(=O)Nc4c(C)cccc4C)c(Oc4cccc(OC(F)(F)F)c4)n3)cc2)CC1. The number of nitrogens with zero attached hydrogens (tertiary/aromatic N) is 4. The molecule has 1 aliphatic heterocycles. The van der Waals surface area contributed by atoms with Crippen LogP contribution in [0.1, 0.15) is 34.8 Å². The van der Waals surface area contributed by atoms with E-state index in [1.165, 1.54) is 18.3 Å². The Morgan fingerprint density at radius 1 is 0.933 bits per heavy atom. The first kappa shape index (κ1) is 31.6. The van der Waals surface area contributed by atoms with Gasteiger partial charge in [0.1, 0.15) is 17.1 Å². The molecule has 0 saturated carbocycles. The van der Waals surface area contributed by atoms with Gasteiger partial charge in [0.15, 0.2) is 0 Å². The third-order valence-electron chi connectivity index (χ3n) is 7.37. The Bertz CT molecular complexity index is 1600. The van der Waals surface area contributed by atoms with Gasteiger partial charge in [0, 0.05) is 55.5 Å². The maximum Gasteiger partial charge on any atom is 0.573 e. The zero-order valence-corrected chi connectivity index (χ0v) is 25.3. The summed E-state index contributed by atoms with van der Waals surface area (Å²) in [6, 6.07) is 18.5. The second kappa shape index (κ2) is 13.9. The lowest BCUT2D eigenvalue weighted by molar-refractivity contribution is -0.274. The van der Waals surface area contributed by atoms with Crippen LogP contribution in [0, 0.1) is 13.8 Å². The summed E-state index contributed by atoms with van der Waals surface area (Å²) in [5.41, 5.74) is 4.15. The van der Waals surface area contributed by atoms with Crippen LogP contribution in [0.3, 0.4) is 0 Å². The van der Waals surface area contributed by atoms with Crippen molar-refractivity contribution in [2.24, 2.45) is 0 Å². The van der Waals surface area contributed by atoms with Crippen LogP contribution in [0.2, 0.25) is 0 Å². The van der Waals surface area contributed by atoms with E-state index in [1.807, 2.05) is 56.3 Å². The number of halogens is 3. The molecule has 0 spiro atoms. The minimum absolute atomic E-state index is 0.00842. The standard InChI is InChI=1S/C33H35F3N6O3/c1-4-15-41-16-18-42(19-17-41)25-13-11-24(12-14-25)38-32-37-21-28(30(43)39-29-22(2)7-5-8-23(29)3)31(40-32)44-26-9-6-10-27(20-26)45-33(34,35)36/h5-14,20-21H,4,15-19H2,1-3H3,(H,39,43)(H,37,38,40). The number of hydrogen-bond acceptors (Lipinski definition) is 8. The highest BCUT2D eigenvalue weighted by atomic mass is 19.4. The number of anilines is 4. The lowest BCUT2D eigenvalue weighted by Gasteiger charge is -2.36. The van der Waals surface area contributed by atoms with Gasteiger partial charge in [-0.3, -0.25) is 9.69 Å². The molecule has 4 aromatic rings. The zero-order valence-electron chi connectivity index (χ0n) is 25.3. The average molecular weight is 621 g/mol. The molecule has 1 aromatic heterocycles. The maximum atomic E-state index is 13.4. The Kier molecular flexibility index (Phi) is 9.72. The number of alkyl halides is 3. The van der Waals surface area contributed by atoms with E-state index in [0.717, 1.165) is 68.1 Å². The van der Waals surface area contributed by atoms with E-state index in [4.69, 9.17) is 4.74 Å². The predicted molar refractivity (Wildman–Crippen MR) is 168 cm³/mol. The molecule has 12 heteroatoms. The topological polar surface area (TPSA) is 91.9 Å². The molecule has 236 valence electrons. The molecule has 1 amide bonds. The fourth-order valence-electron chi connectivity index (χ4n) is 5.13. The van der Waals surface area contributed by atoms with Gasteiger partial charge in [-0.05, 0) is 74.3 Å². The number of piperazine rings is 1. The largest absolute Gasteiger partial charge is 0.573 e. The molecule has 0 radical (unpaired) electrons. The van der Waals surface area contributed by atoms with Crippen LogP contribution < -0.4 is 25.0 Å². The maximum absolute atomic E-state index is 13.4. The summed E-state index contributed by atoms with van der Waals surface area (Å²) < 4.78 is 48.4. The van der Waals surface area contributed by atoms with Gasteiger partial charge < -0.3 is 25.0 Å². The van der Waals surface area contributed by atoms with E-state index in [-0.39, 0.29) is 23.1 Å². The summed E-state index contributed by atoms with van der Waals surface area (Å²) in [5, 5.41) is 6.01. The normalized spacial score (nSPS) is 13.8. The number of aryl methyl sites for hydroxylation is 2. The molecule has 0 atom stereocenters. The third kappa shape index (κ3) is 8.42. The van der Waals surface area contributed by atoms with Crippen molar-refractivity contribution in [3.63, 3.8) is 0 Å². The second-order valence-corrected chi connectivity index (χ2v) is 10.8. The number of rotatable bonds is 10. The van der Waals surface area contributed by atoms with E-state index < -0.39 is 18.0 Å². The highest BCUT2D eigenvalue weighted by Crippen LogP contribution is 2.31. The Labute approximate surface area is 260 Å². The third-order valence-corrected chi connectivity index (χ3v) is 7.37. The van der Waals surface area contributed by atoms with Gasteiger partial charge in [0.25, 0.3) is 5.91 Å². The highest BCUT2D eigenvalue weighted by Gasteiger charge is 2.31. The summed E-state index contributed by atoms with van der Waals surface area (Å²) in [6.07, 6.45) is -2.42. The minimum atomic E-state index is -4.87. The van der Waals surface area contributed by atoms with Crippen molar-refractivity contribution in [1.82, 2.24) is 14.9 Å². The zero-order chi connectivity index (χ0) is 32.0. The fraction of sp³-hybridized carbons (Fsp3) is 0.303. The van der Waals surface area contributed by atoms with Gasteiger partial charge in [-0.1, -0.05) is 31.2 Å². The molecule has 0 aliphatic carbocycles. The summed E-state index contributed by atoms with van der Waals surface area (Å²) in [5.74, 6) is -1.04. The predicted octanol–water partition coefficient (Wildman–Crippen LogP) is 7.31. The number of carbonyl (C=O) groups excluding carboxylic acids is 1. The Morgan fingerprint density at radius 2 is 1.60 bits per heavy atom. The van der Waals surface area contributed by atoms with E-state index in [1.54, 1.807) is 0 Å². The van der Waals surface area contributed by atoms with Crippen LogP contribution in [-0.4, -0.2) is 59.9 Å². The van der Waals surface area contributed by atoms with Crippen LogP contribution in [0.4, 0.5) is 36.2 Å². The summed E-state index contributed by atoms with van der Waals surface area (Å²) >= 11 is 0. The monoisotopic (exact) mass is 620 g/mol. The van der Waals surface area contributed by atoms with Gasteiger partial charge in [-0.25, -0.2) is 4.98 Å². The van der Waals surface area contributed by atoms with Crippen molar-refractivity contribution in [3.8, 4) is 17.4 Å². The van der Waals surface area contributed by atoms with Crippen LogP contribution in [-0.2, 0) is 0 Å². The first-order chi connectivity index (χ1) is 21.6. The van der Waals surface area contributed by atoms with Crippen molar-refractivity contribution >= 4 is 28.9 Å². The molecular weight excluding hydrogens is 585 g/mol. The molecule has 45 heavy (non-hydrogen) atoms. The Hall–Kier alpha value is -4.84. The van der Waals surface area contributed by atoms with Gasteiger partial charge in [0.2, 0.25) is 11.8 Å². The number of para-hydroxylation sites is 1. The average Bonchev–Trinajstić information content (AvgIpc) is 2.99. The van der Waals surface area contributed by atoms with Crippen LogP contribution in [0.5, 0.6) is 17.4 Å². The van der Waals surface area contributed by atoms with E-state index in [0.29, 0.717) is 11.4 Å². The number of ether oxygens (including phenoxy) is 2. The smallest absolute Gasteiger partial charge is 0.438 e. The number of aromatic nitrogens is 2. The fourth-order valence-corrected chi connectivity index (χ4v) is 5.13. The molecular formula is C33H35F3N6O3. The Morgan fingerprint density at radius 3 is 2.27 bits per heavy atom. The Balaban J connectivity index is 1.38. The molecule has 0 unspecified atom stereocenters. The minimum Gasteiger partial charge on any atom is -0.438 e. The molecule has 2 N–H and O–H groups in total. The molecule has 2 heterocycles. The number of carbonyl (C=O) groups is 1. The van der Waals surface area contributed by atoms with E-state index >= 15 is 0 Å². The molecule has 0 bridgehead atoms. The number of nitrogens with one attached hydrogen (secondary N) is 2. The van der Waals surface area contributed by atoms with Crippen LogP contribution >= 0.6 is 0 Å². The summed E-state index contributed by atoms with van der Waals surface area (Å²) in [7, 11) is 0. The lowest BCUT2D eigenvalue weighted by Crippen LogP contribution is -2.46. The van der Waals surface area contributed by atoms with Crippen molar-refractivity contribution in [3.05, 3.63) is 89.6 Å². The van der Waals surface area contributed by atoms with Gasteiger partial charge in [0.05, 0.1) is 0 Å². The quantitative estimate of drug-likeness (QED) is 0.191. The lowest BCUT2D eigenvalue weighted by atomic mass is 10.1. The van der Waals surface area contributed by atoms with Crippen molar-refractivity contribution < 1.29 is 27.4 Å². The van der Waals surface area contributed by atoms with Crippen LogP contribution in [0.15, 0.2) is 72.9 Å². The molecule has 3 aromatic carbocycles. The molecule has 5 rings (SSSR count). The van der Waals surface area contributed by atoms with Gasteiger partial charge in [-0.15, -0.1) is 13.2 Å². The van der Waals surface area contributed by atoms with Crippen molar-refractivity contribution in [2.45, 2.75) is 33.6 Å². The second-order valence-electron chi connectivity index (χ2n) is 10.8. The van der Waals surface area contributed by atoms with E-state index in [2.05, 4.69) is 42.1 Å². The summed E-state index contributed by atoms with van der Waals surface area (Å²) in [6.45, 7) is 11.0. The number of benzene rings is 3. The molecule has 1 fully saturated rings. The van der Waals surface area contributed by atoms with E-state index in [9.17, 15) is 18.0 Å². The highest BCUT2D eigenvalue weighted by molar-refractivity contribution is 6.06. The summed E-state index contributed by atoms with van der Waals surface area (Å²) in [4.78, 5) is 27.0. The first-order valence-electron chi connectivity index (χ1n) is 14.7. The number of amides is 1. The van der Waals surface area contributed by atoms with Crippen molar-refractivity contribution in [1.29, 1.82) is 0 Å². The first-order valence-corrected chi connectivity index (χ1v) is 14.7. The molecule has 9 nitrogen and oxygen atoms in total. The number of hydrogen-bond donors (Lipinski definition) is 2. The molecule has 1 aliphatic rings. The van der Waals surface area contributed by atoms with Crippen molar-refractivity contribution in [2.75, 3.05) is 48.3 Å². The van der Waals surface area contributed by atoms with Gasteiger partial charge in [-0.2, -0.15) is 4.98 Å².